The molecule has 3 aromatic rings. The lowest BCUT2D eigenvalue weighted by Crippen LogP contribution is -2.38. The van der Waals surface area contributed by atoms with E-state index >= 15 is 0 Å². The van der Waals surface area contributed by atoms with Gasteiger partial charge in [-0.1, -0.05) is 29.8 Å². The van der Waals surface area contributed by atoms with E-state index in [-0.39, 0.29) is 23.4 Å². The zero-order chi connectivity index (χ0) is 23.9. The average Bonchev–Trinajstić information content (AvgIpc) is 3.55. The lowest BCUT2D eigenvalue weighted by atomic mass is 10.0. The molecule has 0 unspecified atom stereocenters. The number of piperidine rings is 1. The third-order valence-corrected chi connectivity index (χ3v) is 8.37. The van der Waals surface area contributed by atoms with E-state index in [4.69, 9.17) is 4.52 Å². The summed E-state index contributed by atoms with van der Waals surface area (Å²) < 4.78 is 34.4. The molecular formula is C23H28N6O4S. The minimum atomic E-state index is -3.61. The maximum absolute atomic E-state index is 12.9. The van der Waals surface area contributed by atoms with Gasteiger partial charge in [0.25, 0.3) is 10.0 Å². The van der Waals surface area contributed by atoms with Gasteiger partial charge in [0, 0.05) is 37.9 Å². The van der Waals surface area contributed by atoms with Gasteiger partial charge < -0.3 is 14.0 Å². The second-order valence-corrected chi connectivity index (χ2v) is 11.1. The highest BCUT2D eigenvalue weighted by Gasteiger charge is 2.35. The Hall–Kier alpha value is -3.05. The SMILES string of the molecule is Cc1ccc(N2C[C@H](c3nc(Cn4cnc(S(=O)(=O)N5CCC(C)CC5)c4)no3)CC2=O)cc1. The van der Waals surface area contributed by atoms with Gasteiger partial charge in [0.2, 0.25) is 11.8 Å². The summed E-state index contributed by atoms with van der Waals surface area (Å²) in [4.78, 5) is 22.9. The van der Waals surface area contributed by atoms with E-state index in [0.29, 0.717) is 43.7 Å². The number of imidazole rings is 1. The number of amides is 1. The van der Waals surface area contributed by atoms with Gasteiger partial charge in [-0.05, 0) is 37.8 Å². The zero-order valence-corrected chi connectivity index (χ0v) is 20.1. The second kappa shape index (κ2) is 8.95. The van der Waals surface area contributed by atoms with Crippen LogP contribution in [-0.2, 0) is 21.4 Å². The van der Waals surface area contributed by atoms with Gasteiger partial charge in [-0.2, -0.15) is 9.29 Å². The molecule has 1 atom stereocenters. The molecule has 5 rings (SSSR count). The number of sulfonamides is 1. The Morgan fingerprint density at radius 2 is 1.88 bits per heavy atom. The molecule has 34 heavy (non-hydrogen) atoms. The van der Waals surface area contributed by atoms with Crippen molar-refractivity contribution in [1.29, 1.82) is 0 Å². The van der Waals surface area contributed by atoms with Crippen molar-refractivity contribution in [1.82, 2.24) is 24.0 Å². The Labute approximate surface area is 198 Å². The Kier molecular flexibility index (Phi) is 5.98. The first-order valence-corrected chi connectivity index (χ1v) is 12.9. The summed E-state index contributed by atoms with van der Waals surface area (Å²) in [5, 5.41) is 4.06. The van der Waals surface area contributed by atoms with Gasteiger partial charge in [-0.25, -0.2) is 13.4 Å². The lowest BCUT2D eigenvalue weighted by molar-refractivity contribution is -0.117. The monoisotopic (exact) mass is 484 g/mol. The fourth-order valence-electron chi connectivity index (χ4n) is 4.42. The summed E-state index contributed by atoms with van der Waals surface area (Å²) in [6.45, 7) is 5.88. The summed E-state index contributed by atoms with van der Waals surface area (Å²) in [5.41, 5.74) is 1.99. The normalized spacial score (nSPS) is 20.4. The Morgan fingerprint density at radius 3 is 2.62 bits per heavy atom. The number of carbonyl (C=O) groups excluding carboxylic acids is 1. The minimum Gasteiger partial charge on any atom is -0.339 e. The van der Waals surface area contributed by atoms with E-state index in [1.807, 2.05) is 31.2 Å². The van der Waals surface area contributed by atoms with E-state index < -0.39 is 10.0 Å². The first-order valence-electron chi connectivity index (χ1n) is 11.5. The van der Waals surface area contributed by atoms with Gasteiger partial charge in [0.15, 0.2) is 10.9 Å². The smallest absolute Gasteiger partial charge is 0.262 e. The topological polar surface area (TPSA) is 114 Å². The number of nitrogens with zero attached hydrogens (tertiary/aromatic N) is 6. The van der Waals surface area contributed by atoms with Crippen LogP contribution in [0.2, 0.25) is 0 Å². The molecule has 0 saturated carbocycles. The van der Waals surface area contributed by atoms with Crippen molar-refractivity contribution in [2.75, 3.05) is 24.5 Å². The number of carbonyl (C=O) groups is 1. The van der Waals surface area contributed by atoms with Crippen molar-refractivity contribution in [3.63, 3.8) is 0 Å². The Balaban J connectivity index is 1.24. The summed E-state index contributed by atoms with van der Waals surface area (Å²) in [5.74, 6) is 1.19. The maximum atomic E-state index is 12.9. The molecule has 0 N–H and O–H groups in total. The van der Waals surface area contributed by atoms with E-state index in [0.717, 1.165) is 24.1 Å². The van der Waals surface area contributed by atoms with Crippen molar-refractivity contribution in [2.24, 2.45) is 5.92 Å². The molecule has 1 amide bonds. The van der Waals surface area contributed by atoms with Crippen molar-refractivity contribution in [3.05, 3.63) is 54.1 Å². The van der Waals surface area contributed by atoms with Crippen LogP contribution in [-0.4, -0.2) is 58.0 Å². The molecule has 2 aromatic heterocycles. The lowest BCUT2D eigenvalue weighted by Gasteiger charge is -2.28. The summed E-state index contributed by atoms with van der Waals surface area (Å²) >= 11 is 0. The van der Waals surface area contributed by atoms with Crippen molar-refractivity contribution in [3.8, 4) is 0 Å². The number of aryl methyl sites for hydroxylation is 1. The standard InChI is InChI=1S/C23H28N6O4S/c1-16-3-5-19(6-4-16)29-12-18(11-22(29)30)23-25-20(26-33-23)13-27-14-21(24-15-27)34(31,32)28-9-7-17(2)8-10-28/h3-6,14-15,17-18H,7-13H2,1-2H3/t18-/m1/s1. The zero-order valence-electron chi connectivity index (χ0n) is 19.3. The number of anilines is 1. The van der Waals surface area contributed by atoms with Crippen LogP contribution >= 0.6 is 0 Å². The molecule has 11 heteroatoms. The number of hydrogen-bond acceptors (Lipinski definition) is 7. The minimum absolute atomic E-state index is 0.0187. The van der Waals surface area contributed by atoms with E-state index in [1.165, 1.54) is 16.8 Å². The molecule has 0 radical (unpaired) electrons. The predicted molar refractivity (Wildman–Crippen MR) is 124 cm³/mol. The average molecular weight is 485 g/mol. The van der Waals surface area contributed by atoms with Gasteiger partial charge >= 0.3 is 0 Å². The number of rotatable bonds is 6. The van der Waals surface area contributed by atoms with E-state index in [1.54, 1.807) is 9.47 Å². The first kappa shape index (κ1) is 22.7. The summed E-state index contributed by atoms with van der Waals surface area (Å²) in [7, 11) is -3.61. The molecule has 2 saturated heterocycles. The van der Waals surface area contributed by atoms with Crippen molar-refractivity contribution in [2.45, 2.75) is 50.6 Å². The molecule has 0 aliphatic carbocycles. The highest BCUT2D eigenvalue weighted by Crippen LogP contribution is 2.31. The van der Waals surface area contributed by atoms with Gasteiger partial charge in [0.05, 0.1) is 18.8 Å². The number of hydrogen-bond donors (Lipinski definition) is 0. The molecule has 2 aliphatic heterocycles. The Bertz CT molecular complexity index is 1270. The fraction of sp³-hybridized carbons (Fsp3) is 0.478. The summed E-state index contributed by atoms with van der Waals surface area (Å²) in [6, 6.07) is 7.83. The maximum Gasteiger partial charge on any atom is 0.262 e. The van der Waals surface area contributed by atoms with Crippen molar-refractivity contribution >= 4 is 21.6 Å². The quantitative estimate of drug-likeness (QED) is 0.528. The van der Waals surface area contributed by atoms with Crippen molar-refractivity contribution < 1.29 is 17.7 Å². The predicted octanol–water partition coefficient (Wildman–Crippen LogP) is 2.56. The van der Waals surface area contributed by atoms with Gasteiger partial charge in [-0.15, -0.1) is 0 Å². The molecule has 2 fully saturated rings. The van der Waals surface area contributed by atoms with Crippen LogP contribution in [0.3, 0.4) is 0 Å². The molecule has 1 aromatic carbocycles. The number of benzene rings is 1. The highest BCUT2D eigenvalue weighted by molar-refractivity contribution is 7.89. The van der Waals surface area contributed by atoms with Crippen LogP contribution in [0.4, 0.5) is 5.69 Å². The third-order valence-electron chi connectivity index (χ3n) is 6.58. The largest absolute Gasteiger partial charge is 0.339 e. The van der Waals surface area contributed by atoms with E-state index in [9.17, 15) is 13.2 Å². The molecule has 10 nitrogen and oxygen atoms in total. The van der Waals surface area contributed by atoms with Crippen LogP contribution in [0.5, 0.6) is 0 Å². The second-order valence-electron chi connectivity index (χ2n) is 9.26. The first-order chi connectivity index (χ1) is 16.3. The van der Waals surface area contributed by atoms with Crippen LogP contribution < -0.4 is 4.90 Å². The molecular weight excluding hydrogens is 456 g/mol. The van der Waals surface area contributed by atoms with Crippen LogP contribution in [0.25, 0.3) is 0 Å². The van der Waals surface area contributed by atoms with Gasteiger partial charge in [-0.3, -0.25) is 4.79 Å². The van der Waals surface area contributed by atoms with Crippen LogP contribution in [0.1, 0.15) is 49.4 Å². The van der Waals surface area contributed by atoms with Crippen LogP contribution in [0, 0.1) is 12.8 Å². The highest BCUT2D eigenvalue weighted by atomic mass is 32.2. The van der Waals surface area contributed by atoms with E-state index in [2.05, 4.69) is 22.0 Å². The molecule has 2 aliphatic rings. The Morgan fingerprint density at radius 1 is 1.15 bits per heavy atom. The molecule has 0 spiro atoms. The van der Waals surface area contributed by atoms with Gasteiger partial charge in [0.1, 0.15) is 0 Å². The molecule has 0 bridgehead atoms. The van der Waals surface area contributed by atoms with Crippen LogP contribution in [0.15, 0.2) is 46.3 Å². The molecule has 4 heterocycles. The summed E-state index contributed by atoms with van der Waals surface area (Å²) in [6.07, 6.45) is 4.99. The number of aromatic nitrogens is 4. The fourth-order valence-corrected chi connectivity index (χ4v) is 5.83. The third kappa shape index (κ3) is 4.49. The molecule has 180 valence electrons.